The Bertz CT molecular complexity index is 572. The van der Waals surface area contributed by atoms with E-state index in [-0.39, 0.29) is 5.92 Å². The van der Waals surface area contributed by atoms with Gasteiger partial charge in [-0.2, -0.15) is 0 Å². The van der Waals surface area contributed by atoms with Crippen LogP contribution < -0.4 is 4.74 Å². The maximum atomic E-state index is 12.8. The lowest BCUT2D eigenvalue weighted by molar-refractivity contribution is -0.138. The number of benzene rings is 1. The van der Waals surface area contributed by atoms with E-state index >= 15 is 0 Å². The first-order valence-corrected chi connectivity index (χ1v) is 9.80. The molecule has 0 N–H and O–H groups in total. The number of likely N-dealkylation sites (tertiary alicyclic amines) is 2. The second kappa shape index (κ2) is 8.34. The van der Waals surface area contributed by atoms with Crippen molar-refractivity contribution in [2.45, 2.75) is 38.6 Å². The van der Waals surface area contributed by atoms with Gasteiger partial charge in [0.05, 0.1) is 13.0 Å². The second-order valence-corrected chi connectivity index (χ2v) is 7.83. The van der Waals surface area contributed by atoms with Crippen LogP contribution in [0.2, 0.25) is 0 Å². The monoisotopic (exact) mass is 394 g/mol. The van der Waals surface area contributed by atoms with Crippen LogP contribution in [0.15, 0.2) is 22.7 Å². The number of rotatable bonds is 4. The quantitative estimate of drug-likeness (QED) is 0.780. The molecule has 0 radical (unpaired) electrons. The summed E-state index contributed by atoms with van der Waals surface area (Å²) >= 11 is 3.54. The van der Waals surface area contributed by atoms with Crippen LogP contribution in [0.5, 0.6) is 5.75 Å². The number of piperidine rings is 2. The molecule has 1 amide bonds. The number of halogens is 1. The number of amides is 1. The smallest absolute Gasteiger partial charge is 0.226 e. The molecule has 132 valence electrons. The predicted octanol–water partition coefficient (Wildman–Crippen LogP) is 3.68. The number of hydrogen-bond donors (Lipinski definition) is 0. The Morgan fingerprint density at radius 3 is 2.75 bits per heavy atom. The normalized spacial score (nSPS) is 22.4. The summed E-state index contributed by atoms with van der Waals surface area (Å²) in [6.45, 7) is 4.67. The van der Waals surface area contributed by atoms with Crippen LogP contribution in [0.1, 0.15) is 37.7 Å². The van der Waals surface area contributed by atoms with Gasteiger partial charge in [-0.15, -0.1) is 0 Å². The van der Waals surface area contributed by atoms with Gasteiger partial charge in [-0.1, -0.05) is 15.9 Å². The first kappa shape index (κ1) is 17.7. The van der Waals surface area contributed by atoms with Gasteiger partial charge in [0.25, 0.3) is 0 Å². The van der Waals surface area contributed by atoms with Crippen molar-refractivity contribution < 1.29 is 9.53 Å². The zero-order valence-corrected chi connectivity index (χ0v) is 16.1. The Kier molecular flexibility index (Phi) is 6.17. The molecule has 5 heteroatoms. The molecule has 2 saturated heterocycles. The lowest BCUT2D eigenvalue weighted by Crippen LogP contribution is -2.46. The maximum Gasteiger partial charge on any atom is 0.226 e. The third-order valence-corrected chi connectivity index (χ3v) is 5.65. The molecule has 24 heavy (non-hydrogen) atoms. The fourth-order valence-electron chi connectivity index (χ4n) is 3.88. The molecule has 1 atom stereocenters. The summed E-state index contributed by atoms with van der Waals surface area (Å²) in [5.74, 6) is 1.46. The third-order valence-electron chi connectivity index (χ3n) is 5.16. The van der Waals surface area contributed by atoms with Crippen molar-refractivity contribution in [1.82, 2.24) is 9.80 Å². The summed E-state index contributed by atoms with van der Waals surface area (Å²) in [5, 5.41) is 0. The van der Waals surface area contributed by atoms with Crippen molar-refractivity contribution >= 4 is 21.8 Å². The van der Waals surface area contributed by atoms with Crippen LogP contribution in [0, 0.1) is 5.92 Å². The van der Waals surface area contributed by atoms with Crippen molar-refractivity contribution in [3.8, 4) is 5.75 Å². The van der Waals surface area contributed by atoms with Crippen molar-refractivity contribution in [2.24, 2.45) is 5.92 Å². The highest BCUT2D eigenvalue weighted by atomic mass is 79.9. The average Bonchev–Trinajstić information content (AvgIpc) is 2.62. The lowest BCUT2D eigenvalue weighted by Gasteiger charge is -2.36. The molecule has 0 unspecified atom stereocenters. The fraction of sp³-hybridized carbons (Fsp3) is 0.632. The van der Waals surface area contributed by atoms with Gasteiger partial charge in [0.15, 0.2) is 0 Å². The lowest BCUT2D eigenvalue weighted by atomic mass is 9.95. The minimum absolute atomic E-state index is 0.162. The summed E-state index contributed by atoms with van der Waals surface area (Å²) in [6, 6.07) is 6.12. The zero-order chi connectivity index (χ0) is 16.9. The van der Waals surface area contributed by atoms with E-state index in [4.69, 9.17) is 4.74 Å². The number of hydrogen-bond acceptors (Lipinski definition) is 3. The van der Waals surface area contributed by atoms with Gasteiger partial charge >= 0.3 is 0 Å². The molecule has 0 aliphatic carbocycles. The van der Waals surface area contributed by atoms with E-state index in [0.29, 0.717) is 5.91 Å². The largest absolute Gasteiger partial charge is 0.496 e. The van der Waals surface area contributed by atoms with Gasteiger partial charge < -0.3 is 9.64 Å². The van der Waals surface area contributed by atoms with E-state index in [1.165, 1.54) is 12.0 Å². The highest BCUT2D eigenvalue weighted by molar-refractivity contribution is 9.10. The number of ether oxygens (including phenoxy) is 1. The van der Waals surface area contributed by atoms with Crippen LogP contribution in [0.4, 0.5) is 0 Å². The molecule has 4 nitrogen and oxygen atoms in total. The van der Waals surface area contributed by atoms with Gasteiger partial charge in [0.1, 0.15) is 5.75 Å². The molecule has 0 bridgehead atoms. The first-order valence-electron chi connectivity index (χ1n) is 9.01. The summed E-state index contributed by atoms with van der Waals surface area (Å²) in [4.78, 5) is 17.3. The molecular weight excluding hydrogens is 368 g/mol. The Morgan fingerprint density at radius 1 is 1.21 bits per heavy atom. The van der Waals surface area contributed by atoms with E-state index < -0.39 is 0 Å². The first-order chi connectivity index (χ1) is 11.7. The van der Waals surface area contributed by atoms with Gasteiger partial charge in [0.2, 0.25) is 5.91 Å². The highest BCUT2D eigenvalue weighted by Crippen LogP contribution is 2.27. The predicted molar refractivity (Wildman–Crippen MR) is 99.1 cm³/mol. The van der Waals surface area contributed by atoms with Crippen LogP contribution >= 0.6 is 15.9 Å². The molecule has 2 fully saturated rings. The minimum Gasteiger partial charge on any atom is -0.496 e. The average molecular weight is 395 g/mol. The SMILES string of the molecule is COc1ccc(Br)cc1CN1CCC[C@@H](C(=O)N2CCCCC2)C1. The molecular formula is C19H27BrN2O2. The molecule has 0 saturated carbocycles. The summed E-state index contributed by atoms with van der Waals surface area (Å²) in [5.41, 5.74) is 1.18. The minimum atomic E-state index is 0.162. The van der Waals surface area contributed by atoms with Gasteiger partial charge in [-0.05, 0) is 56.8 Å². The molecule has 2 aliphatic rings. The molecule has 1 aromatic carbocycles. The summed E-state index contributed by atoms with van der Waals surface area (Å²) < 4.78 is 6.55. The van der Waals surface area contributed by atoms with Gasteiger partial charge in [-0.3, -0.25) is 9.69 Å². The second-order valence-electron chi connectivity index (χ2n) is 6.92. The molecule has 0 aromatic heterocycles. The van der Waals surface area contributed by atoms with Gasteiger partial charge in [-0.25, -0.2) is 0 Å². The van der Waals surface area contributed by atoms with Crippen LogP contribution in [0.3, 0.4) is 0 Å². The number of nitrogens with zero attached hydrogens (tertiary/aromatic N) is 2. The summed E-state index contributed by atoms with van der Waals surface area (Å²) in [6.07, 6.45) is 5.72. The number of carbonyl (C=O) groups excluding carboxylic acids is 1. The van der Waals surface area contributed by atoms with Crippen molar-refractivity contribution in [3.05, 3.63) is 28.2 Å². The van der Waals surface area contributed by atoms with E-state index in [0.717, 1.165) is 68.6 Å². The fourth-order valence-corrected chi connectivity index (χ4v) is 4.29. The number of methoxy groups -OCH3 is 1. The molecule has 3 rings (SSSR count). The van der Waals surface area contributed by atoms with Crippen LogP contribution in [-0.2, 0) is 11.3 Å². The van der Waals surface area contributed by atoms with Crippen LogP contribution in [0.25, 0.3) is 0 Å². The Balaban J connectivity index is 1.63. The van der Waals surface area contributed by atoms with E-state index in [9.17, 15) is 4.79 Å². The topological polar surface area (TPSA) is 32.8 Å². The Hall–Kier alpha value is -1.07. The van der Waals surface area contributed by atoms with Crippen molar-refractivity contribution in [1.29, 1.82) is 0 Å². The van der Waals surface area contributed by atoms with Gasteiger partial charge in [0, 0.05) is 36.2 Å². The Morgan fingerprint density at radius 2 is 2.00 bits per heavy atom. The van der Waals surface area contributed by atoms with Crippen molar-refractivity contribution in [2.75, 3.05) is 33.3 Å². The maximum absolute atomic E-state index is 12.8. The molecule has 2 aliphatic heterocycles. The van der Waals surface area contributed by atoms with E-state index in [1.807, 2.05) is 12.1 Å². The molecule has 0 spiro atoms. The van der Waals surface area contributed by atoms with E-state index in [2.05, 4.69) is 31.8 Å². The standard InChI is InChI=1S/C19H27BrN2O2/c1-24-18-8-7-17(20)12-16(18)14-21-9-5-6-15(13-21)19(23)22-10-3-2-4-11-22/h7-8,12,15H,2-6,9-11,13-14H2,1H3/t15-/m1/s1. The zero-order valence-electron chi connectivity index (χ0n) is 14.5. The van der Waals surface area contributed by atoms with Crippen molar-refractivity contribution in [3.63, 3.8) is 0 Å². The highest BCUT2D eigenvalue weighted by Gasteiger charge is 2.30. The summed E-state index contributed by atoms with van der Waals surface area (Å²) in [7, 11) is 1.71. The Labute approximate surface area is 153 Å². The molecule has 2 heterocycles. The number of carbonyl (C=O) groups is 1. The molecule has 1 aromatic rings. The van der Waals surface area contributed by atoms with E-state index in [1.54, 1.807) is 7.11 Å². The van der Waals surface area contributed by atoms with Crippen LogP contribution in [-0.4, -0.2) is 49.0 Å². The third kappa shape index (κ3) is 4.31.